The van der Waals surface area contributed by atoms with E-state index in [1.165, 1.54) is 38.5 Å². The van der Waals surface area contributed by atoms with Crippen molar-refractivity contribution in [1.82, 2.24) is 20.3 Å². The molecule has 0 amide bonds. The van der Waals surface area contributed by atoms with Crippen LogP contribution in [0.25, 0.3) is 0 Å². The number of methoxy groups -OCH3 is 1. The van der Waals surface area contributed by atoms with Crippen molar-refractivity contribution in [2.24, 2.45) is 0 Å². The summed E-state index contributed by atoms with van der Waals surface area (Å²) in [6.45, 7) is 0. The summed E-state index contributed by atoms with van der Waals surface area (Å²) in [6.07, 6.45) is 8.78. The number of hydrogen-bond donors (Lipinski definition) is 3. The molecule has 28 heavy (non-hydrogen) atoms. The van der Waals surface area contributed by atoms with Crippen LogP contribution >= 0.6 is 0 Å². The number of pyridine rings is 1. The van der Waals surface area contributed by atoms with Gasteiger partial charge in [-0.15, -0.1) is 0 Å². The smallest absolute Gasteiger partial charge is 0.341 e. The summed E-state index contributed by atoms with van der Waals surface area (Å²) >= 11 is 0. The molecule has 144 valence electrons. The van der Waals surface area contributed by atoms with Gasteiger partial charge in [0.15, 0.2) is 5.69 Å². The average molecular weight is 379 g/mol. The Bertz CT molecular complexity index is 897. The molecule has 0 unspecified atom stereocenters. The molecule has 2 aromatic heterocycles. The number of fused-ring (bicyclic) bond motifs is 2. The van der Waals surface area contributed by atoms with E-state index in [0.29, 0.717) is 35.0 Å². The zero-order chi connectivity index (χ0) is 19.5. The molecule has 9 nitrogen and oxygen atoms in total. The van der Waals surface area contributed by atoms with Crippen LogP contribution in [0.1, 0.15) is 41.7 Å². The van der Waals surface area contributed by atoms with Crippen molar-refractivity contribution >= 4 is 23.3 Å². The Morgan fingerprint density at radius 3 is 2.57 bits per heavy atom. The molecule has 2 aromatic rings. The minimum Gasteiger partial charge on any atom is -0.465 e. The van der Waals surface area contributed by atoms with Crippen LogP contribution in [0.5, 0.6) is 0 Å². The summed E-state index contributed by atoms with van der Waals surface area (Å²) in [5, 5.41) is 19.0. The molecule has 2 saturated heterocycles. The van der Waals surface area contributed by atoms with E-state index in [-0.39, 0.29) is 11.7 Å². The lowest BCUT2D eigenvalue weighted by Crippen LogP contribution is -2.43. The maximum Gasteiger partial charge on any atom is 0.341 e. The first-order valence-electron chi connectivity index (χ1n) is 9.24. The third-order valence-electron chi connectivity index (χ3n) is 5.16. The van der Waals surface area contributed by atoms with Crippen LogP contribution < -0.4 is 16.0 Å². The third-order valence-corrected chi connectivity index (χ3v) is 5.16. The Morgan fingerprint density at radius 1 is 1.18 bits per heavy atom. The van der Waals surface area contributed by atoms with E-state index in [1.54, 1.807) is 6.07 Å². The number of esters is 1. The summed E-state index contributed by atoms with van der Waals surface area (Å²) in [5.74, 6) is 0.547. The standard InChI is InChI=1S/C19H21N7O2/c1-28-19(27)15-9-23-17(26-18-10-21-14(7-20)8-22-18)6-16(15)25-13-4-11-2-3-12(5-13)24-11/h6,8-13,24H,2-5H2,1H3,(H2,22,23,25,26)/t11-,12+,13-. The number of nitriles is 1. The molecule has 0 spiro atoms. The van der Waals surface area contributed by atoms with Gasteiger partial charge in [0.05, 0.1) is 25.2 Å². The van der Waals surface area contributed by atoms with Crippen LogP contribution in [-0.2, 0) is 4.74 Å². The number of aromatic nitrogens is 3. The number of piperidine rings is 1. The maximum atomic E-state index is 12.2. The van der Waals surface area contributed by atoms with Gasteiger partial charge in [0.25, 0.3) is 0 Å². The second kappa shape index (κ2) is 7.78. The molecule has 0 aliphatic carbocycles. The minimum atomic E-state index is -0.434. The second-order valence-corrected chi connectivity index (χ2v) is 7.08. The molecule has 3 atom stereocenters. The monoisotopic (exact) mass is 379 g/mol. The number of rotatable bonds is 5. The lowest BCUT2D eigenvalue weighted by Gasteiger charge is -2.31. The summed E-state index contributed by atoms with van der Waals surface area (Å²) < 4.78 is 4.90. The van der Waals surface area contributed by atoms with Crippen LogP contribution in [0.2, 0.25) is 0 Å². The van der Waals surface area contributed by atoms with Crippen LogP contribution in [0.3, 0.4) is 0 Å². The van der Waals surface area contributed by atoms with E-state index in [9.17, 15) is 4.79 Å². The van der Waals surface area contributed by atoms with Crippen molar-refractivity contribution in [2.45, 2.75) is 43.8 Å². The van der Waals surface area contributed by atoms with E-state index < -0.39 is 5.97 Å². The van der Waals surface area contributed by atoms with Gasteiger partial charge in [-0.2, -0.15) is 5.26 Å². The largest absolute Gasteiger partial charge is 0.465 e. The van der Waals surface area contributed by atoms with Gasteiger partial charge in [0, 0.05) is 30.4 Å². The van der Waals surface area contributed by atoms with Crippen LogP contribution in [0.15, 0.2) is 24.7 Å². The fourth-order valence-electron chi connectivity index (χ4n) is 3.89. The molecule has 2 fully saturated rings. The predicted octanol–water partition coefficient (Wildman–Crippen LogP) is 1.97. The van der Waals surface area contributed by atoms with Gasteiger partial charge in [-0.1, -0.05) is 0 Å². The van der Waals surface area contributed by atoms with Crippen molar-refractivity contribution in [3.05, 3.63) is 35.9 Å². The maximum absolute atomic E-state index is 12.2. The summed E-state index contributed by atoms with van der Waals surface area (Å²) in [7, 11) is 1.36. The molecule has 9 heteroatoms. The quantitative estimate of drug-likeness (QED) is 0.669. The van der Waals surface area contributed by atoms with Crippen molar-refractivity contribution < 1.29 is 9.53 Å². The number of nitrogens with zero attached hydrogens (tertiary/aromatic N) is 4. The average Bonchev–Trinajstić information content (AvgIpc) is 3.06. The van der Waals surface area contributed by atoms with Gasteiger partial charge in [0.1, 0.15) is 23.3 Å². The zero-order valence-corrected chi connectivity index (χ0v) is 15.5. The van der Waals surface area contributed by atoms with Gasteiger partial charge in [-0.25, -0.2) is 19.7 Å². The van der Waals surface area contributed by atoms with Crippen molar-refractivity contribution in [1.29, 1.82) is 5.26 Å². The van der Waals surface area contributed by atoms with Gasteiger partial charge < -0.3 is 20.7 Å². The van der Waals surface area contributed by atoms with E-state index in [2.05, 4.69) is 30.9 Å². The number of nitrogens with one attached hydrogen (secondary N) is 3. The molecule has 0 saturated carbocycles. The molecule has 2 aliphatic rings. The lowest BCUT2D eigenvalue weighted by molar-refractivity contribution is 0.0601. The summed E-state index contributed by atoms with van der Waals surface area (Å²) in [4.78, 5) is 24.6. The lowest BCUT2D eigenvalue weighted by atomic mass is 9.99. The van der Waals surface area contributed by atoms with E-state index in [1.807, 2.05) is 6.07 Å². The summed E-state index contributed by atoms with van der Waals surface area (Å²) in [6, 6.07) is 5.05. The minimum absolute atomic E-state index is 0.238. The van der Waals surface area contributed by atoms with Gasteiger partial charge in [-0.3, -0.25) is 0 Å². The van der Waals surface area contributed by atoms with Crippen LogP contribution in [0.4, 0.5) is 17.3 Å². The third kappa shape index (κ3) is 3.87. The number of hydrogen-bond acceptors (Lipinski definition) is 9. The number of carbonyl (C=O) groups excluding carboxylic acids is 1. The molecule has 4 rings (SSSR count). The van der Waals surface area contributed by atoms with Crippen molar-refractivity contribution in [3.63, 3.8) is 0 Å². The van der Waals surface area contributed by atoms with Crippen LogP contribution in [0, 0.1) is 11.3 Å². The van der Waals surface area contributed by atoms with Gasteiger partial charge in [0.2, 0.25) is 0 Å². The van der Waals surface area contributed by atoms with E-state index in [4.69, 9.17) is 10.00 Å². The SMILES string of the molecule is COC(=O)c1cnc(Nc2cnc(C#N)cn2)cc1N[C@@H]1C[C@H]2CC[C@@H](C1)N2. The highest BCUT2D eigenvalue weighted by Crippen LogP contribution is 2.30. The fraction of sp³-hybridized carbons (Fsp3) is 0.421. The Morgan fingerprint density at radius 2 is 1.93 bits per heavy atom. The highest BCUT2D eigenvalue weighted by atomic mass is 16.5. The topological polar surface area (TPSA) is 125 Å². The van der Waals surface area contributed by atoms with E-state index in [0.717, 1.165) is 12.8 Å². The van der Waals surface area contributed by atoms with Gasteiger partial charge in [-0.05, 0) is 25.7 Å². The molecule has 3 N–H and O–H groups in total. The van der Waals surface area contributed by atoms with Gasteiger partial charge >= 0.3 is 5.97 Å². The molecular weight excluding hydrogens is 358 g/mol. The predicted molar refractivity (Wildman–Crippen MR) is 102 cm³/mol. The molecule has 4 heterocycles. The Kier molecular flexibility index (Phi) is 5.04. The second-order valence-electron chi connectivity index (χ2n) is 7.08. The molecular formula is C19H21N7O2. The zero-order valence-electron chi connectivity index (χ0n) is 15.5. The highest BCUT2D eigenvalue weighted by Gasteiger charge is 2.33. The molecule has 0 radical (unpaired) electrons. The first-order chi connectivity index (χ1) is 13.6. The Balaban J connectivity index is 1.56. The normalized spacial score (nSPS) is 22.9. The number of anilines is 3. The first kappa shape index (κ1) is 18.1. The van der Waals surface area contributed by atoms with E-state index >= 15 is 0 Å². The number of ether oxygens (including phenoxy) is 1. The Hall–Kier alpha value is -3.25. The number of carbonyl (C=O) groups is 1. The molecule has 2 aliphatic heterocycles. The van der Waals surface area contributed by atoms with Crippen LogP contribution in [-0.4, -0.2) is 46.2 Å². The Labute approximate surface area is 162 Å². The van der Waals surface area contributed by atoms with Crippen molar-refractivity contribution in [2.75, 3.05) is 17.7 Å². The highest BCUT2D eigenvalue weighted by molar-refractivity contribution is 5.96. The molecule has 2 bridgehead atoms. The fourth-order valence-corrected chi connectivity index (χ4v) is 3.89. The van der Waals surface area contributed by atoms with Crippen molar-refractivity contribution in [3.8, 4) is 6.07 Å². The molecule has 0 aromatic carbocycles. The first-order valence-corrected chi connectivity index (χ1v) is 9.24. The summed E-state index contributed by atoms with van der Waals surface area (Å²) in [5.41, 5.74) is 1.31.